The van der Waals surface area contributed by atoms with E-state index in [0.29, 0.717) is 12.0 Å². The quantitative estimate of drug-likeness (QED) is 0.686. The summed E-state index contributed by atoms with van der Waals surface area (Å²) in [6.45, 7) is 7.71. The Hall–Kier alpha value is -1.14. The molecule has 0 unspecified atom stereocenters. The van der Waals surface area contributed by atoms with E-state index in [9.17, 15) is 5.26 Å². The van der Waals surface area contributed by atoms with Gasteiger partial charge in [0.15, 0.2) is 0 Å². The van der Waals surface area contributed by atoms with Crippen molar-refractivity contribution in [3.05, 3.63) is 23.8 Å². The second kappa shape index (κ2) is 7.75. The number of hydrogen-bond acceptors (Lipinski definition) is 3. The number of benzene rings is 1. The van der Waals surface area contributed by atoms with Crippen molar-refractivity contribution in [2.75, 3.05) is 17.2 Å². The highest BCUT2D eigenvalue weighted by Crippen LogP contribution is 2.35. The zero-order valence-electron chi connectivity index (χ0n) is 13.4. The highest BCUT2D eigenvalue weighted by Gasteiger charge is 2.26. The van der Waals surface area contributed by atoms with Gasteiger partial charge in [0, 0.05) is 17.5 Å². The summed E-state index contributed by atoms with van der Waals surface area (Å²) < 4.78 is 0. The highest BCUT2D eigenvalue weighted by atomic mass is 32.2. The van der Waals surface area contributed by atoms with Crippen LogP contribution in [0.25, 0.3) is 0 Å². The van der Waals surface area contributed by atoms with Crippen LogP contribution >= 0.6 is 11.8 Å². The van der Waals surface area contributed by atoms with E-state index in [0.717, 1.165) is 28.4 Å². The molecule has 1 saturated carbocycles. The summed E-state index contributed by atoms with van der Waals surface area (Å²) in [4.78, 5) is 3.64. The maximum atomic E-state index is 9.66. The molecule has 0 aliphatic heterocycles. The lowest BCUT2D eigenvalue weighted by Gasteiger charge is -2.33. The zero-order chi connectivity index (χ0) is 15.2. The van der Waals surface area contributed by atoms with Crippen LogP contribution in [0.15, 0.2) is 23.1 Å². The van der Waals surface area contributed by atoms with Crippen LogP contribution in [0.4, 0.5) is 5.69 Å². The standard InChI is InChI=1S/C18H26N2S/c1-4-21-18-11-7-10-17(16(18)12-19)20(13-14(2)3)15-8-5-6-9-15/h7,10-11,14-15H,4-6,8-9,13H2,1-3H3. The van der Waals surface area contributed by atoms with Gasteiger partial charge in [0.2, 0.25) is 0 Å². The molecule has 2 rings (SSSR count). The van der Waals surface area contributed by atoms with E-state index < -0.39 is 0 Å². The van der Waals surface area contributed by atoms with Crippen LogP contribution in [0.3, 0.4) is 0 Å². The lowest BCUT2D eigenvalue weighted by molar-refractivity contribution is 0.535. The molecular formula is C18H26N2S. The van der Waals surface area contributed by atoms with Gasteiger partial charge in [-0.25, -0.2) is 0 Å². The Morgan fingerprint density at radius 3 is 2.62 bits per heavy atom. The van der Waals surface area contributed by atoms with Crippen molar-refractivity contribution in [2.45, 2.75) is 57.4 Å². The molecule has 1 aromatic carbocycles. The topological polar surface area (TPSA) is 27.0 Å². The molecule has 21 heavy (non-hydrogen) atoms. The van der Waals surface area contributed by atoms with Crippen LogP contribution in [0.2, 0.25) is 0 Å². The third-order valence-corrected chi connectivity index (χ3v) is 4.99. The summed E-state index contributed by atoms with van der Waals surface area (Å²) in [5.74, 6) is 1.62. The predicted molar refractivity (Wildman–Crippen MR) is 92.0 cm³/mol. The Balaban J connectivity index is 2.38. The number of rotatable bonds is 6. The Kier molecular flexibility index (Phi) is 5.99. The third-order valence-electron chi connectivity index (χ3n) is 4.05. The molecule has 0 bridgehead atoms. The van der Waals surface area contributed by atoms with E-state index in [2.05, 4.69) is 49.9 Å². The summed E-state index contributed by atoms with van der Waals surface area (Å²) in [5, 5.41) is 9.66. The first-order chi connectivity index (χ1) is 10.2. The van der Waals surface area contributed by atoms with Crippen LogP contribution < -0.4 is 4.90 Å². The lowest BCUT2D eigenvalue weighted by atomic mass is 10.1. The summed E-state index contributed by atoms with van der Waals surface area (Å²) in [6.07, 6.45) is 5.18. The first kappa shape index (κ1) is 16.2. The molecule has 0 heterocycles. The Morgan fingerprint density at radius 2 is 2.05 bits per heavy atom. The van der Waals surface area contributed by atoms with Crippen LogP contribution in [0.5, 0.6) is 0 Å². The molecule has 2 nitrogen and oxygen atoms in total. The van der Waals surface area contributed by atoms with Crippen molar-refractivity contribution in [3.8, 4) is 6.07 Å². The minimum atomic E-state index is 0.611. The van der Waals surface area contributed by atoms with Crippen LogP contribution in [-0.2, 0) is 0 Å². The van der Waals surface area contributed by atoms with E-state index >= 15 is 0 Å². The van der Waals surface area contributed by atoms with E-state index in [1.165, 1.54) is 25.7 Å². The van der Waals surface area contributed by atoms with E-state index in [1.54, 1.807) is 11.8 Å². The molecule has 0 saturated heterocycles. The van der Waals surface area contributed by atoms with Gasteiger partial charge in [-0.15, -0.1) is 11.8 Å². The first-order valence-corrected chi connectivity index (χ1v) is 9.08. The Morgan fingerprint density at radius 1 is 1.33 bits per heavy atom. The maximum Gasteiger partial charge on any atom is 0.103 e. The van der Waals surface area contributed by atoms with Gasteiger partial charge in [0.05, 0.1) is 11.3 Å². The minimum Gasteiger partial charge on any atom is -0.367 e. The molecule has 0 radical (unpaired) electrons. The van der Waals surface area contributed by atoms with E-state index in [-0.39, 0.29) is 0 Å². The van der Waals surface area contributed by atoms with Gasteiger partial charge in [-0.2, -0.15) is 5.26 Å². The molecule has 1 aromatic rings. The van der Waals surface area contributed by atoms with Crippen molar-refractivity contribution in [1.82, 2.24) is 0 Å². The molecule has 1 fully saturated rings. The second-order valence-corrected chi connectivity index (χ2v) is 7.49. The smallest absolute Gasteiger partial charge is 0.103 e. The van der Waals surface area contributed by atoms with Gasteiger partial charge in [-0.3, -0.25) is 0 Å². The normalized spacial score (nSPS) is 15.4. The van der Waals surface area contributed by atoms with Gasteiger partial charge in [-0.05, 0) is 36.6 Å². The molecule has 0 amide bonds. The summed E-state index contributed by atoms with van der Waals surface area (Å²) >= 11 is 1.77. The average Bonchev–Trinajstić information content (AvgIpc) is 2.98. The van der Waals surface area contributed by atoms with Crippen molar-refractivity contribution >= 4 is 17.4 Å². The van der Waals surface area contributed by atoms with Gasteiger partial charge >= 0.3 is 0 Å². The average molecular weight is 302 g/mol. The second-order valence-electron chi connectivity index (χ2n) is 6.18. The fourth-order valence-corrected chi connectivity index (χ4v) is 3.98. The van der Waals surface area contributed by atoms with Crippen LogP contribution in [0, 0.1) is 17.2 Å². The zero-order valence-corrected chi connectivity index (χ0v) is 14.2. The Labute approximate surface area is 133 Å². The highest BCUT2D eigenvalue weighted by molar-refractivity contribution is 7.99. The van der Waals surface area contributed by atoms with Crippen molar-refractivity contribution in [2.24, 2.45) is 5.92 Å². The maximum absolute atomic E-state index is 9.66. The molecule has 3 heteroatoms. The number of anilines is 1. The SMILES string of the molecule is CCSc1cccc(N(CC(C)C)C2CCCC2)c1C#N. The van der Waals surface area contributed by atoms with E-state index in [4.69, 9.17) is 0 Å². The number of nitrogens with zero attached hydrogens (tertiary/aromatic N) is 2. The van der Waals surface area contributed by atoms with Gasteiger partial charge in [0.25, 0.3) is 0 Å². The first-order valence-electron chi connectivity index (χ1n) is 8.10. The summed E-state index contributed by atoms with van der Waals surface area (Å²) in [7, 11) is 0. The fraction of sp³-hybridized carbons (Fsp3) is 0.611. The summed E-state index contributed by atoms with van der Waals surface area (Å²) in [5.41, 5.74) is 2.02. The summed E-state index contributed by atoms with van der Waals surface area (Å²) in [6, 6.07) is 9.40. The fourth-order valence-electron chi connectivity index (χ4n) is 3.20. The van der Waals surface area contributed by atoms with Gasteiger partial charge in [-0.1, -0.05) is 39.7 Å². The van der Waals surface area contributed by atoms with Crippen LogP contribution in [-0.4, -0.2) is 18.3 Å². The van der Waals surface area contributed by atoms with E-state index in [1.807, 2.05) is 0 Å². The minimum absolute atomic E-state index is 0.611. The van der Waals surface area contributed by atoms with Crippen molar-refractivity contribution < 1.29 is 0 Å². The number of hydrogen-bond donors (Lipinski definition) is 0. The van der Waals surface area contributed by atoms with Crippen LogP contribution in [0.1, 0.15) is 52.0 Å². The molecule has 0 spiro atoms. The lowest BCUT2D eigenvalue weighted by Crippen LogP contribution is -2.36. The van der Waals surface area contributed by atoms with Crippen molar-refractivity contribution in [1.29, 1.82) is 5.26 Å². The Bertz CT molecular complexity index is 498. The molecule has 0 atom stereocenters. The van der Waals surface area contributed by atoms with Gasteiger partial charge < -0.3 is 4.90 Å². The number of thioether (sulfide) groups is 1. The van der Waals surface area contributed by atoms with Gasteiger partial charge in [0.1, 0.15) is 6.07 Å². The molecule has 0 aromatic heterocycles. The third kappa shape index (κ3) is 3.95. The molecular weight excluding hydrogens is 276 g/mol. The monoisotopic (exact) mass is 302 g/mol. The molecule has 1 aliphatic rings. The predicted octanol–water partition coefficient (Wildman–Crippen LogP) is 5.08. The largest absolute Gasteiger partial charge is 0.367 e. The molecule has 0 N–H and O–H groups in total. The number of nitriles is 1. The van der Waals surface area contributed by atoms with Crippen molar-refractivity contribution in [3.63, 3.8) is 0 Å². The molecule has 1 aliphatic carbocycles. The molecule has 114 valence electrons.